The van der Waals surface area contributed by atoms with Gasteiger partial charge in [0.1, 0.15) is 11.5 Å². The molecule has 2 aromatic carbocycles. The number of nitrogens with two attached hydrogens (primary N) is 1. The zero-order valence-corrected chi connectivity index (χ0v) is 13.2. The van der Waals surface area contributed by atoms with Crippen molar-refractivity contribution >= 4 is 33.2 Å². The summed E-state index contributed by atoms with van der Waals surface area (Å²) in [5.74, 6) is 1.01. The van der Waals surface area contributed by atoms with Crippen LogP contribution in [0.2, 0.25) is 0 Å². The lowest BCUT2D eigenvalue weighted by atomic mass is 10.1. The largest absolute Gasteiger partial charge is 0.497 e. The van der Waals surface area contributed by atoms with Gasteiger partial charge in [0, 0.05) is 17.4 Å². The summed E-state index contributed by atoms with van der Waals surface area (Å²) in [7, 11) is 3.12. The predicted octanol–water partition coefficient (Wildman–Crippen LogP) is 3.30. The number of carbonyl (C=O) groups excluding carboxylic acids is 1. The molecule has 5 nitrogen and oxygen atoms in total. The molecular formula is C15H15BrN2O3. The van der Waals surface area contributed by atoms with Crippen LogP contribution in [0.5, 0.6) is 11.5 Å². The van der Waals surface area contributed by atoms with Crippen LogP contribution < -0.4 is 20.5 Å². The van der Waals surface area contributed by atoms with Crippen LogP contribution >= 0.6 is 15.9 Å². The normalized spacial score (nSPS) is 10.0. The van der Waals surface area contributed by atoms with E-state index in [2.05, 4.69) is 21.2 Å². The van der Waals surface area contributed by atoms with E-state index in [1.54, 1.807) is 50.6 Å². The molecule has 0 aliphatic heterocycles. The van der Waals surface area contributed by atoms with E-state index in [1.807, 2.05) is 0 Å². The fourth-order valence-electron chi connectivity index (χ4n) is 1.82. The monoisotopic (exact) mass is 350 g/mol. The second-order valence-corrected chi connectivity index (χ2v) is 5.11. The maximum Gasteiger partial charge on any atom is 0.257 e. The molecule has 0 bridgehead atoms. The SMILES string of the molecule is COc1ccc(C(=O)Nc2ccc(OC)c(Br)c2)c(N)c1. The third-order valence-electron chi connectivity index (χ3n) is 2.91. The Balaban J connectivity index is 2.20. The molecule has 0 fully saturated rings. The van der Waals surface area contributed by atoms with Crippen molar-refractivity contribution in [1.29, 1.82) is 0 Å². The first-order chi connectivity index (χ1) is 10.0. The maximum atomic E-state index is 12.2. The Bertz CT molecular complexity index is 674. The average molecular weight is 351 g/mol. The zero-order chi connectivity index (χ0) is 15.4. The number of ether oxygens (including phenoxy) is 2. The van der Waals surface area contributed by atoms with E-state index in [4.69, 9.17) is 15.2 Å². The standard InChI is InChI=1S/C15H15BrN2O3/c1-20-10-4-5-11(13(17)8-10)15(19)18-9-3-6-14(21-2)12(16)7-9/h3-8H,17H2,1-2H3,(H,18,19). The van der Waals surface area contributed by atoms with Gasteiger partial charge in [0.25, 0.3) is 5.91 Å². The molecule has 3 N–H and O–H groups in total. The quantitative estimate of drug-likeness (QED) is 0.829. The number of rotatable bonds is 4. The third kappa shape index (κ3) is 3.46. The summed E-state index contributed by atoms with van der Waals surface area (Å²) in [6.07, 6.45) is 0. The van der Waals surface area contributed by atoms with Gasteiger partial charge >= 0.3 is 0 Å². The summed E-state index contributed by atoms with van der Waals surface area (Å²) in [5, 5.41) is 2.78. The van der Waals surface area contributed by atoms with Gasteiger partial charge in [0.15, 0.2) is 0 Å². The van der Waals surface area contributed by atoms with Crippen molar-refractivity contribution in [3.05, 3.63) is 46.4 Å². The molecule has 0 saturated carbocycles. The summed E-state index contributed by atoms with van der Waals surface area (Å²) in [5.41, 5.74) is 7.25. The maximum absolute atomic E-state index is 12.2. The molecule has 0 heterocycles. The summed E-state index contributed by atoms with van der Waals surface area (Å²) in [4.78, 5) is 12.2. The van der Waals surface area contributed by atoms with Crippen LogP contribution in [0.4, 0.5) is 11.4 Å². The van der Waals surface area contributed by atoms with Crippen molar-refractivity contribution in [2.45, 2.75) is 0 Å². The van der Waals surface area contributed by atoms with Gasteiger partial charge in [-0.2, -0.15) is 0 Å². The minimum atomic E-state index is -0.285. The Hall–Kier alpha value is -2.21. The van der Waals surface area contributed by atoms with Crippen LogP contribution in [0.3, 0.4) is 0 Å². The van der Waals surface area contributed by atoms with E-state index in [9.17, 15) is 4.79 Å². The smallest absolute Gasteiger partial charge is 0.257 e. The highest BCUT2D eigenvalue weighted by molar-refractivity contribution is 9.10. The highest BCUT2D eigenvalue weighted by Gasteiger charge is 2.11. The van der Waals surface area contributed by atoms with Crippen LogP contribution in [0, 0.1) is 0 Å². The number of nitrogen functional groups attached to an aromatic ring is 1. The van der Waals surface area contributed by atoms with Gasteiger partial charge in [-0.1, -0.05) is 0 Å². The molecule has 0 unspecified atom stereocenters. The number of halogens is 1. The Morgan fingerprint density at radius 2 is 1.90 bits per heavy atom. The second kappa shape index (κ2) is 6.49. The number of amides is 1. The highest BCUT2D eigenvalue weighted by Crippen LogP contribution is 2.28. The molecule has 0 spiro atoms. The molecular weight excluding hydrogens is 336 g/mol. The van der Waals surface area contributed by atoms with Gasteiger partial charge in [-0.25, -0.2) is 0 Å². The van der Waals surface area contributed by atoms with Crippen molar-refractivity contribution in [3.63, 3.8) is 0 Å². The second-order valence-electron chi connectivity index (χ2n) is 4.26. The third-order valence-corrected chi connectivity index (χ3v) is 3.53. The van der Waals surface area contributed by atoms with Crippen LogP contribution in [-0.4, -0.2) is 20.1 Å². The first kappa shape index (κ1) is 15.2. The number of methoxy groups -OCH3 is 2. The molecule has 0 aliphatic carbocycles. The number of benzene rings is 2. The van der Waals surface area contributed by atoms with E-state index < -0.39 is 0 Å². The predicted molar refractivity (Wildman–Crippen MR) is 86.1 cm³/mol. The molecule has 0 saturated heterocycles. The van der Waals surface area contributed by atoms with E-state index >= 15 is 0 Å². The lowest BCUT2D eigenvalue weighted by molar-refractivity contribution is 0.102. The minimum absolute atomic E-state index is 0.285. The first-order valence-corrected chi connectivity index (χ1v) is 6.93. The Kier molecular flexibility index (Phi) is 4.70. The van der Waals surface area contributed by atoms with Crippen molar-refractivity contribution in [2.24, 2.45) is 0 Å². The van der Waals surface area contributed by atoms with E-state index in [1.165, 1.54) is 0 Å². The van der Waals surface area contributed by atoms with Crippen molar-refractivity contribution in [1.82, 2.24) is 0 Å². The number of nitrogens with one attached hydrogen (secondary N) is 1. The molecule has 0 atom stereocenters. The van der Waals surface area contributed by atoms with Crippen LogP contribution in [-0.2, 0) is 0 Å². The molecule has 0 aromatic heterocycles. The lowest BCUT2D eigenvalue weighted by Gasteiger charge is -2.10. The van der Waals surface area contributed by atoms with Crippen molar-refractivity contribution in [3.8, 4) is 11.5 Å². The van der Waals surface area contributed by atoms with Crippen molar-refractivity contribution in [2.75, 3.05) is 25.3 Å². The van der Waals surface area contributed by atoms with Gasteiger partial charge < -0.3 is 20.5 Å². The van der Waals surface area contributed by atoms with Gasteiger partial charge in [-0.3, -0.25) is 4.79 Å². The number of anilines is 2. The molecule has 21 heavy (non-hydrogen) atoms. The molecule has 1 amide bonds. The first-order valence-electron chi connectivity index (χ1n) is 6.13. The van der Waals surface area contributed by atoms with Crippen LogP contribution in [0.25, 0.3) is 0 Å². The van der Waals surface area contributed by atoms with Crippen LogP contribution in [0.1, 0.15) is 10.4 Å². The molecule has 2 aromatic rings. The topological polar surface area (TPSA) is 73.6 Å². The van der Waals surface area contributed by atoms with E-state index in [0.717, 1.165) is 4.47 Å². The highest BCUT2D eigenvalue weighted by atomic mass is 79.9. The van der Waals surface area contributed by atoms with Crippen molar-refractivity contribution < 1.29 is 14.3 Å². The summed E-state index contributed by atoms with van der Waals surface area (Å²) in [6.45, 7) is 0. The number of hydrogen-bond acceptors (Lipinski definition) is 4. The molecule has 6 heteroatoms. The lowest BCUT2D eigenvalue weighted by Crippen LogP contribution is -2.14. The fourth-order valence-corrected chi connectivity index (χ4v) is 2.36. The van der Waals surface area contributed by atoms with Crippen LogP contribution in [0.15, 0.2) is 40.9 Å². The van der Waals surface area contributed by atoms with Gasteiger partial charge in [0.2, 0.25) is 0 Å². The minimum Gasteiger partial charge on any atom is -0.497 e. The van der Waals surface area contributed by atoms with Gasteiger partial charge in [-0.05, 0) is 46.3 Å². The zero-order valence-electron chi connectivity index (χ0n) is 11.6. The van der Waals surface area contributed by atoms with E-state index in [-0.39, 0.29) is 5.91 Å². The van der Waals surface area contributed by atoms with Gasteiger partial charge in [0.05, 0.1) is 24.3 Å². The summed E-state index contributed by atoms with van der Waals surface area (Å²) < 4.78 is 11.0. The Morgan fingerprint density at radius 1 is 1.14 bits per heavy atom. The number of hydrogen-bond donors (Lipinski definition) is 2. The fraction of sp³-hybridized carbons (Fsp3) is 0.133. The molecule has 0 radical (unpaired) electrons. The summed E-state index contributed by atoms with van der Waals surface area (Å²) >= 11 is 3.37. The molecule has 110 valence electrons. The number of carbonyl (C=O) groups is 1. The Morgan fingerprint density at radius 3 is 2.48 bits per heavy atom. The Labute approximate surface area is 131 Å². The molecule has 0 aliphatic rings. The summed E-state index contributed by atoms with van der Waals surface area (Å²) in [6, 6.07) is 10.2. The molecule has 2 rings (SSSR count). The van der Waals surface area contributed by atoms with Gasteiger partial charge in [-0.15, -0.1) is 0 Å². The van der Waals surface area contributed by atoms with E-state index in [0.29, 0.717) is 28.4 Å². The average Bonchev–Trinajstić information content (AvgIpc) is 2.47.